The van der Waals surface area contributed by atoms with Crippen LogP contribution >= 0.6 is 0 Å². The predicted molar refractivity (Wildman–Crippen MR) is 113 cm³/mol. The van der Waals surface area contributed by atoms with Gasteiger partial charge in [0.1, 0.15) is 12.1 Å². The van der Waals surface area contributed by atoms with Crippen molar-refractivity contribution in [2.45, 2.75) is 24.7 Å². The fraction of sp³-hybridized carbons (Fsp3) is 0.174. The quantitative estimate of drug-likeness (QED) is 0.681. The molecular formula is C23H19N7O. The molecule has 0 radical (unpaired) electrons. The number of H-pyrrole nitrogens is 1. The Kier molecular flexibility index (Phi) is 4.56. The van der Waals surface area contributed by atoms with Crippen molar-refractivity contribution in [1.82, 2.24) is 20.2 Å². The van der Waals surface area contributed by atoms with Crippen molar-refractivity contribution in [3.8, 4) is 6.07 Å². The molecule has 0 saturated carbocycles. The van der Waals surface area contributed by atoms with E-state index in [0.29, 0.717) is 29.9 Å². The highest BCUT2D eigenvalue weighted by molar-refractivity contribution is 6.01. The average molecular weight is 409 g/mol. The number of pyridine rings is 1. The molecule has 3 N–H and O–H groups in total. The summed E-state index contributed by atoms with van der Waals surface area (Å²) >= 11 is 0. The number of benzene rings is 1. The molecule has 3 heterocycles. The summed E-state index contributed by atoms with van der Waals surface area (Å²) in [5.74, 6) is 0.0620. The first kappa shape index (κ1) is 18.8. The van der Waals surface area contributed by atoms with E-state index in [1.54, 1.807) is 23.4 Å². The van der Waals surface area contributed by atoms with Gasteiger partial charge in [-0.05, 0) is 29.5 Å². The smallest absolute Gasteiger partial charge is 0.231 e. The van der Waals surface area contributed by atoms with Crippen LogP contribution < -0.4 is 10.6 Å². The number of rotatable bonds is 3. The number of aromatic nitrogens is 4. The molecule has 0 amide bonds. The molecule has 1 aliphatic heterocycles. The summed E-state index contributed by atoms with van der Waals surface area (Å²) in [6, 6.07) is 15.9. The van der Waals surface area contributed by atoms with Crippen molar-refractivity contribution in [2.24, 2.45) is 5.73 Å². The standard InChI is InChI=1S/C23H19N7O/c24-11-17-20(15-7-4-8-26-12-15)21-18(30(22(17)25)23-27-13-28-29-23)9-16(10-19(21)31)14-5-2-1-3-6-14/h1-8,12-13,16,20H,9-10,25H2,(H,27,28,29)/t16-,20+/m0/s1. The zero-order chi connectivity index (χ0) is 21.4. The average Bonchev–Trinajstić information content (AvgIpc) is 3.33. The summed E-state index contributed by atoms with van der Waals surface area (Å²) in [5.41, 5.74) is 9.99. The minimum atomic E-state index is -0.558. The van der Waals surface area contributed by atoms with E-state index in [0.717, 1.165) is 16.8 Å². The van der Waals surface area contributed by atoms with Gasteiger partial charge in [0.25, 0.3) is 0 Å². The first-order chi connectivity index (χ1) is 15.2. The van der Waals surface area contributed by atoms with Crippen LogP contribution in [0.25, 0.3) is 0 Å². The van der Waals surface area contributed by atoms with Gasteiger partial charge in [0.15, 0.2) is 5.78 Å². The number of nitrogens with two attached hydrogens (primary N) is 1. The van der Waals surface area contributed by atoms with E-state index >= 15 is 0 Å². The Morgan fingerprint density at radius 1 is 1.13 bits per heavy atom. The number of nitrogens with zero attached hydrogens (tertiary/aromatic N) is 5. The Balaban J connectivity index is 1.71. The van der Waals surface area contributed by atoms with Crippen molar-refractivity contribution in [1.29, 1.82) is 5.26 Å². The van der Waals surface area contributed by atoms with Gasteiger partial charge in [-0.2, -0.15) is 15.3 Å². The zero-order valence-electron chi connectivity index (χ0n) is 16.6. The normalized spacial score (nSPS) is 21.1. The number of hydrogen-bond donors (Lipinski definition) is 2. The number of anilines is 1. The van der Waals surface area contributed by atoms with E-state index in [1.807, 2.05) is 36.4 Å². The lowest BCUT2D eigenvalue weighted by Crippen LogP contribution is -2.40. The van der Waals surface area contributed by atoms with Gasteiger partial charge in [0, 0.05) is 30.1 Å². The summed E-state index contributed by atoms with van der Waals surface area (Å²) in [6.45, 7) is 0. The summed E-state index contributed by atoms with van der Waals surface area (Å²) in [5, 5.41) is 16.8. The van der Waals surface area contributed by atoms with Gasteiger partial charge >= 0.3 is 0 Å². The Morgan fingerprint density at radius 3 is 2.61 bits per heavy atom. The maximum atomic E-state index is 13.6. The van der Waals surface area contributed by atoms with Crippen molar-refractivity contribution in [3.63, 3.8) is 0 Å². The molecule has 152 valence electrons. The third-order valence-corrected chi connectivity index (χ3v) is 5.87. The molecular weight excluding hydrogens is 390 g/mol. The Morgan fingerprint density at radius 2 is 1.94 bits per heavy atom. The van der Waals surface area contributed by atoms with E-state index in [9.17, 15) is 10.1 Å². The Labute approximate surface area is 178 Å². The van der Waals surface area contributed by atoms with Gasteiger partial charge in [-0.25, -0.2) is 5.10 Å². The van der Waals surface area contributed by atoms with Crippen LogP contribution in [0.3, 0.4) is 0 Å². The number of nitrogens with one attached hydrogen (secondary N) is 1. The van der Waals surface area contributed by atoms with Crippen LogP contribution in [-0.2, 0) is 4.79 Å². The second-order valence-electron chi connectivity index (χ2n) is 7.57. The summed E-state index contributed by atoms with van der Waals surface area (Å²) in [6.07, 6.45) is 5.67. The predicted octanol–water partition coefficient (Wildman–Crippen LogP) is 2.90. The van der Waals surface area contributed by atoms with E-state index in [4.69, 9.17) is 5.73 Å². The number of Topliss-reactive ketones (excluding diaryl/α,β-unsaturated/α-hetero) is 1. The third kappa shape index (κ3) is 3.07. The lowest BCUT2D eigenvalue weighted by molar-refractivity contribution is -0.116. The van der Waals surface area contributed by atoms with Crippen LogP contribution in [0.15, 0.2) is 83.8 Å². The number of hydrogen-bond acceptors (Lipinski definition) is 7. The van der Waals surface area contributed by atoms with Crippen LogP contribution in [0, 0.1) is 11.3 Å². The largest absolute Gasteiger partial charge is 0.384 e. The highest BCUT2D eigenvalue weighted by Gasteiger charge is 2.43. The van der Waals surface area contributed by atoms with Gasteiger partial charge in [-0.3, -0.25) is 14.7 Å². The molecule has 8 nitrogen and oxygen atoms in total. The number of allylic oxidation sites excluding steroid dienone is 3. The highest BCUT2D eigenvalue weighted by Crippen LogP contribution is 2.48. The first-order valence-electron chi connectivity index (χ1n) is 9.95. The number of carbonyl (C=O) groups is 1. The second kappa shape index (κ2) is 7.54. The maximum absolute atomic E-state index is 13.6. The zero-order valence-corrected chi connectivity index (χ0v) is 16.6. The molecule has 1 aliphatic carbocycles. The summed E-state index contributed by atoms with van der Waals surface area (Å²) in [4.78, 5) is 23.7. The molecule has 8 heteroatoms. The van der Waals surface area contributed by atoms with Crippen LogP contribution in [0.1, 0.15) is 35.8 Å². The molecule has 31 heavy (non-hydrogen) atoms. The van der Waals surface area contributed by atoms with Gasteiger partial charge in [0.05, 0.1) is 17.6 Å². The number of carbonyl (C=O) groups excluding carboxylic acids is 1. The Bertz CT molecular complexity index is 1220. The van der Waals surface area contributed by atoms with Crippen molar-refractivity contribution in [2.75, 3.05) is 4.90 Å². The lowest BCUT2D eigenvalue weighted by atomic mass is 9.72. The lowest BCUT2D eigenvalue weighted by Gasteiger charge is -2.40. The molecule has 0 saturated heterocycles. The first-order valence-corrected chi connectivity index (χ1v) is 9.95. The molecule has 2 aromatic heterocycles. The van der Waals surface area contributed by atoms with E-state index in [1.165, 1.54) is 6.33 Å². The molecule has 3 aromatic rings. The summed E-state index contributed by atoms with van der Waals surface area (Å²) in [7, 11) is 0. The highest BCUT2D eigenvalue weighted by atomic mass is 16.1. The minimum absolute atomic E-state index is 0.00357. The van der Waals surface area contributed by atoms with Gasteiger partial charge < -0.3 is 5.73 Å². The van der Waals surface area contributed by atoms with Crippen LogP contribution in [0.5, 0.6) is 0 Å². The summed E-state index contributed by atoms with van der Waals surface area (Å²) < 4.78 is 0. The van der Waals surface area contributed by atoms with E-state index in [2.05, 4.69) is 26.2 Å². The Hall–Kier alpha value is -4.25. The van der Waals surface area contributed by atoms with Crippen molar-refractivity contribution in [3.05, 3.63) is 95.0 Å². The molecule has 0 bridgehead atoms. The third-order valence-electron chi connectivity index (χ3n) is 5.87. The number of ketones is 1. The fourth-order valence-electron chi connectivity index (χ4n) is 4.52. The second-order valence-corrected chi connectivity index (χ2v) is 7.57. The molecule has 2 atom stereocenters. The molecule has 0 spiro atoms. The molecule has 1 aromatic carbocycles. The monoisotopic (exact) mass is 409 g/mol. The van der Waals surface area contributed by atoms with Crippen LogP contribution in [0.4, 0.5) is 5.95 Å². The minimum Gasteiger partial charge on any atom is -0.384 e. The van der Waals surface area contributed by atoms with Gasteiger partial charge in [-0.1, -0.05) is 36.4 Å². The molecule has 2 aliphatic rings. The number of aromatic amines is 1. The van der Waals surface area contributed by atoms with Crippen LogP contribution in [-0.4, -0.2) is 25.9 Å². The molecule has 0 unspecified atom stereocenters. The maximum Gasteiger partial charge on any atom is 0.231 e. The number of nitriles is 1. The van der Waals surface area contributed by atoms with Crippen LogP contribution in [0.2, 0.25) is 0 Å². The molecule has 5 rings (SSSR count). The van der Waals surface area contributed by atoms with Gasteiger partial charge in [0.2, 0.25) is 5.95 Å². The van der Waals surface area contributed by atoms with Crippen molar-refractivity contribution >= 4 is 11.7 Å². The van der Waals surface area contributed by atoms with Crippen molar-refractivity contribution < 1.29 is 4.79 Å². The fourth-order valence-corrected chi connectivity index (χ4v) is 4.52. The molecule has 0 fully saturated rings. The topological polar surface area (TPSA) is 125 Å². The van der Waals surface area contributed by atoms with Gasteiger partial charge in [-0.15, -0.1) is 0 Å². The van der Waals surface area contributed by atoms with E-state index < -0.39 is 5.92 Å². The van der Waals surface area contributed by atoms with E-state index in [-0.39, 0.29) is 17.5 Å². The SMILES string of the molecule is N#CC1=C(N)N(c2ncn[nH]2)C2=C(C(=O)C[C@@H](c3ccccc3)C2)[C@@H]1c1cccnc1.